The lowest BCUT2D eigenvalue weighted by atomic mass is 10.4. The number of fused-ring (bicyclic) bond motifs is 1. The molecule has 24 heavy (non-hydrogen) atoms. The fourth-order valence-corrected chi connectivity index (χ4v) is 2.29. The number of rotatable bonds is 7. The van der Waals surface area contributed by atoms with Crippen molar-refractivity contribution in [1.29, 1.82) is 0 Å². The van der Waals surface area contributed by atoms with Crippen LogP contribution in [0.2, 0.25) is 0 Å². The molecule has 0 aliphatic rings. The first-order chi connectivity index (χ1) is 11.6. The van der Waals surface area contributed by atoms with E-state index < -0.39 is 0 Å². The summed E-state index contributed by atoms with van der Waals surface area (Å²) < 4.78 is 12.2. The first-order valence-electron chi connectivity index (χ1n) is 7.73. The van der Waals surface area contributed by atoms with Crippen molar-refractivity contribution in [2.45, 2.75) is 26.9 Å². The van der Waals surface area contributed by atoms with Crippen molar-refractivity contribution in [2.24, 2.45) is 0 Å². The molecule has 0 saturated carbocycles. The van der Waals surface area contributed by atoms with Crippen LogP contribution in [0.4, 0.5) is 0 Å². The van der Waals surface area contributed by atoms with Crippen molar-refractivity contribution in [1.82, 2.24) is 24.9 Å². The van der Waals surface area contributed by atoms with Gasteiger partial charge in [0.2, 0.25) is 5.82 Å². The van der Waals surface area contributed by atoms with Crippen LogP contribution in [0.1, 0.15) is 34.2 Å². The van der Waals surface area contributed by atoms with Crippen LogP contribution in [0, 0.1) is 13.8 Å². The van der Waals surface area contributed by atoms with Crippen LogP contribution in [0.5, 0.6) is 0 Å². The van der Waals surface area contributed by atoms with Crippen molar-refractivity contribution >= 4 is 11.7 Å². The van der Waals surface area contributed by atoms with E-state index in [1.165, 1.54) is 0 Å². The summed E-state index contributed by atoms with van der Waals surface area (Å²) >= 11 is 0. The Morgan fingerprint density at radius 3 is 3.04 bits per heavy atom. The van der Waals surface area contributed by atoms with Gasteiger partial charge in [-0.25, -0.2) is 9.50 Å². The molecular weight excluding hydrogens is 310 g/mol. The normalized spacial score (nSPS) is 11.1. The second-order valence-corrected chi connectivity index (χ2v) is 5.43. The van der Waals surface area contributed by atoms with E-state index in [9.17, 15) is 4.79 Å². The predicted molar refractivity (Wildman–Crippen MR) is 85.6 cm³/mol. The van der Waals surface area contributed by atoms with Gasteiger partial charge < -0.3 is 14.5 Å². The van der Waals surface area contributed by atoms with Crippen LogP contribution in [-0.4, -0.2) is 38.6 Å². The van der Waals surface area contributed by atoms with Gasteiger partial charge in [0.1, 0.15) is 12.4 Å². The van der Waals surface area contributed by atoms with Gasteiger partial charge in [0.05, 0.1) is 6.26 Å². The zero-order valence-corrected chi connectivity index (χ0v) is 13.7. The molecule has 3 heterocycles. The number of carbonyl (C=O) groups is 1. The summed E-state index contributed by atoms with van der Waals surface area (Å²) in [5.41, 5.74) is 1.73. The Kier molecular flexibility index (Phi) is 4.85. The Labute approximate surface area is 138 Å². The highest BCUT2D eigenvalue weighted by Crippen LogP contribution is 2.05. The maximum absolute atomic E-state index is 12.1. The monoisotopic (exact) mass is 329 g/mol. The molecule has 0 saturated heterocycles. The molecule has 0 aliphatic heterocycles. The topological polar surface area (TPSA) is 94.6 Å². The number of hydrogen-bond acceptors (Lipinski definition) is 6. The van der Waals surface area contributed by atoms with Gasteiger partial charge in [-0.2, -0.15) is 4.98 Å². The van der Waals surface area contributed by atoms with Gasteiger partial charge in [0.25, 0.3) is 11.7 Å². The van der Waals surface area contributed by atoms with Gasteiger partial charge in [-0.3, -0.25) is 4.79 Å². The minimum Gasteiger partial charge on any atom is -0.467 e. The molecule has 0 radical (unpaired) electrons. The number of nitrogens with one attached hydrogen (secondary N) is 1. The Morgan fingerprint density at radius 2 is 2.25 bits per heavy atom. The van der Waals surface area contributed by atoms with Crippen molar-refractivity contribution in [2.75, 3.05) is 13.2 Å². The second kappa shape index (κ2) is 7.22. The summed E-state index contributed by atoms with van der Waals surface area (Å²) in [7, 11) is 0. The third-order valence-electron chi connectivity index (χ3n) is 3.40. The fourth-order valence-electron chi connectivity index (χ4n) is 2.29. The molecule has 8 heteroatoms. The highest BCUT2D eigenvalue weighted by molar-refractivity contribution is 5.90. The summed E-state index contributed by atoms with van der Waals surface area (Å²) in [5, 5.41) is 6.97. The number of aryl methyl sites for hydroxylation is 2. The Hall–Kier alpha value is -2.74. The Bertz CT molecular complexity index is 826. The molecule has 3 rings (SSSR count). The molecule has 1 amide bonds. The van der Waals surface area contributed by atoms with Crippen LogP contribution in [0.3, 0.4) is 0 Å². The molecule has 0 bridgehead atoms. The standard InChI is InChI=1S/C16H19N5O3/c1-11-9-12(2)21-16(18-11)19-14(20-21)15(22)17-6-4-7-23-10-13-5-3-8-24-13/h3,5,8-9H,4,6-7,10H2,1-2H3,(H,17,22). The third kappa shape index (κ3) is 3.77. The third-order valence-corrected chi connectivity index (χ3v) is 3.40. The number of furan rings is 1. The molecule has 0 aliphatic carbocycles. The van der Waals surface area contributed by atoms with E-state index in [4.69, 9.17) is 9.15 Å². The summed E-state index contributed by atoms with van der Waals surface area (Å²) in [6, 6.07) is 5.56. The predicted octanol–water partition coefficient (Wildman–Crippen LogP) is 1.67. The smallest absolute Gasteiger partial charge is 0.291 e. The van der Waals surface area contributed by atoms with E-state index in [0.29, 0.717) is 32.0 Å². The molecule has 0 aromatic carbocycles. The number of aromatic nitrogens is 4. The zero-order chi connectivity index (χ0) is 16.9. The highest BCUT2D eigenvalue weighted by Gasteiger charge is 2.14. The highest BCUT2D eigenvalue weighted by atomic mass is 16.5. The Balaban J connectivity index is 1.46. The largest absolute Gasteiger partial charge is 0.467 e. The van der Waals surface area contributed by atoms with E-state index in [2.05, 4.69) is 20.4 Å². The maximum Gasteiger partial charge on any atom is 0.291 e. The van der Waals surface area contributed by atoms with Crippen LogP contribution in [0.15, 0.2) is 28.9 Å². The lowest BCUT2D eigenvalue weighted by Crippen LogP contribution is -2.26. The molecule has 126 valence electrons. The Morgan fingerprint density at radius 1 is 1.38 bits per heavy atom. The molecule has 0 fully saturated rings. The zero-order valence-electron chi connectivity index (χ0n) is 13.7. The van der Waals surface area contributed by atoms with Crippen molar-refractivity contribution < 1.29 is 13.9 Å². The minimum absolute atomic E-state index is 0.118. The minimum atomic E-state index is -0.316. The van der Waals surface area contributed by atoms with Gasteiger partial charge in [-0.1, -0.05) is 0 Å². The van der Waals surface area contributed by atoms with Gasteiger partial charge in [-0.05, 0) is 38.5 Å². The maximum atomic E-state index is 12.1. The molecular formula is C16H19N5O3. The van der Waals surface area contributed by atoms with Gasteiger partial charge >= 0.3 is 0 Å². The van der Waals surface area contributed by atoms with Crippen LogP contribution in [-0.2, 0) is 11.3 Å². The molecule has 1 N–H and O–H groups in total. The van der Waals surface area contributed by atoms with E-state index in [0.717, 1.165) is 17.1 Å². The number of ether oxygens (including phenoxy) is 1. The fraction of sp³-hybridized carbons (Fsp3) is 0.375. The van der Waals surface area contributed by atoms with Crippen molar-refractivity contribution in [3.05, 3.63) is 47.4 Å². The summed E-state index contributed by atoms with van der Waals surface area (Å²) in [6.45, 7) is 5.22. The summed E-state index contributed by atoms with van der Waals surface area (Å²) in [6.07, 6.45) is 2.30. The average Bonchev–Trinajstić information content (AvgIpc) is 3.19. The van der Waals surface area contributed by atoms with Crippen LogP contribution < -0.4 is 5.32 Å². The first kappa shape index (κ1) is 16.1. The molecule has 8 nitrogen and oxygen atoms in total. The quantitative estimate of drug-likeness (QED) is 0.663. The van der Waals surface area contributed by atoms with E-state index in [1.54, 1.807) is 10.8 Å². The molecule has 0 unspecified atom stereocenters. The lowest BCUT2D eigenvalue weighted by molar-refractivity contribution is 0.0908. The molecule has 0 atom stereocenters. The van der Waals surface area contributed by atoms with Crippen molar-refractivity contribution in [3.8, 4) is 0 Å². The van der Waals surface area contributed by atoms with E-state index in [1.807, 2.05) is 32.0 Å². The van der Waals surface area contributed by atoms with Gasteiger partial charge in [0.15, 0.2) is 0 Å². The van der Waals surface area contributed by atoms with Crippen LogP contribution >= 0.6 is 0 Å². The average molecular weight is 329 g/mol. The van der Waals surface area contributed by atoms with E-state index >= 15 is 0 Å². The molecule has 0 spiro atoms. The number of nitrogens with zero attached hydrogens (tertiary/aromatic N) is 4. The summed E-state index contributed by atoms with van der Waals surface area (Å²) in [4.78, 5) is 20.5. The SMILES string of the molecule is Cc1cc(C)n2nc(C(=O)NCCCOCc3ccco3)nc2n1. The van der Waals surface area contributed by atoms with Crippen LogP contribution in [0.25, 0.3) is 5.78 Å². The number of hydrogen-bond donors (Lipinski definition) is 1. The number of carbonyl (C=O) groups excluding carboxylic acids is 1. The van der Waals surface area contributed by atoms with Gasteiger partial charge in [-0.15, -0.1) is 5.10 Å². The summed E-state index contributed by atoms with van der Waals surface area (Å²) in [5.74, 6) is 1.02. The van der Waals surface area contributed by atoms with E-state index in [-0.39, 0.29) is 11.7 Å². The molecule has 3 aromatic heterocycles. The second-order valence-electron chi connectivity index (χ2n) is 5.43. The first-order valence-corrected chi connectivity index (χ1v) is 7.73. The van der Waals surface area contributed by atoms with Gasteiger partial charge in [0, 0.05) is 24.5 Å². The lowest BCUT2D eigenvalue weighted by Gasteiger charge is -2.03. The van der Waals surface area contributed by atoms with Crippen molar-refractivity contribution in [3.63, 3.8) is 0 Å². The molecule has 3 aromatic rings. The number of amides is 1.